The maximum atomic E-state index is 13.6. The lowest BCUT2D eigenvalue weighted by molar-refractivity contribution is -0.120. The molecule has 2 aliphatic heterocycles. The summed E-state index contributed by atoms with van der Waals surface area (Å²) in [5, 5.41) is 5.22. The van der Waals surface area contributed by atoms with Gasteiger partial charge in [-0.1, -0.05) is 48.5 Å². The van der Waals surface area contributed by atoms with Gasteiger partial charge in [-0.25, -0.2) is 4.98 Å². The van der Waals surface area contributed by atoms with Crippen molar-refractivity contribution < 1.29 is 9.59 Å². The summed E-state index contributed by atoms with van der Waals surface area (Å²) >= 11 is 1.35. The predicted molar refractivity (Wildman–Crippen MR) is 161 cm³/mol. The average molecular weight is 552 g/mol. The van der Waals surface area contributed by atoms with Gasteiger partial charge in [0.2, 0.25) is 0 Å². The van der Waals surface area contributed by atoms with Crippen molar-refractivity contribution in [3.05, 3.63) is 101 Å². The number of nitrogens with one attached hydrogen (secondary N) is 1. The van der Waals surface area contributed by atoms with Gasteiger partial charge >= 0.3 is 0 Å². The Bertz CT molecular complexity index is 1480. The van der Waals surface area contributed by atoms with Crippen molar-refractivity contribution in [2.75, 3.05) is 36.4 Å². The van der Waals surface area contributed by atoms with E-state index in [1.165, 1.54) is 17.0 Å². The summed E-state index contributed by atoms with van der Waals surface area (Å²) < 4.78 is 0. The van der Waals surface area contributed by atoms with Crippen LogP contribution in [-0.4, -0.2) is 58.8 Å². The number of benzene rings is 3. The van der Waals surface area contributed by atoms with Crippen molar-refractivity contribution in [2.45, 2.75) is 32.5 Å². The second-order valence-electron chi connectivity index (χ2n) is 10.6. The van der Waals surface area contributed by atoms with Gasteiger partial charge in [0.25, 0.3) is 11.8 Å². The van der Waals surface area contributed by atoms with Gasteiger partial charge in [0.05, 0.1) is 0 Å². The van der Waals surface area contributed by atoms with E-state index in [4.69, 9.17) is 0 Å². The van der Waals surface area contributed by atoms with Crippen LogP contribution in [0.5, 0.6) is 0 Å². The number of aromatic nitrogens is 1. The van der Waals surface area contributed by atoms with Crippen LogP contribution in [0.1, 0.15) is 41.4 Å². The fraction of sp³-hybridized carbons (Fsp3) is 0.281. The molecule has 204 valence electrons. The van der Waals surface area contributed by atoms with Crippen LogP contribution < -0.4 is 10.2 Å². The number of amides is 2. The van der Waals surface area contributed by atoms with Gasteiger partial charge in [-0.2, -0.15) is 0 Å². The largest absolute Gasteiger partial charge is 0.369 e. The highest BCUT2D eigenvalue weighted by Crippen LogP contribution is 2.35. The second kappa shape index (κ2) is 11.2. The van der Waals surface area contributed by atoms with Gasteiger partial charge in [-0.05, 0) is 60.4 Å². The topological polar surface area (TPSA) is 68.8 Å². The van der Waals surface area contributed by atoms with Crippen molar-refractivity contribution in [2.24, 2.45) is 0 Å². The normalized spacial score (nSPS) is 16.3. The Labute approximate surface area is 239 Å². The maximum Gasteiger partial charge on any atom is 0.255 e. The monoisotopic (exact) mass is 551 g/mol. The summed E-state index contributed by atoms with van der Waals surface area (Å²) in [4.78, 5) is 37.8. The maximum absolute atomic E-state index is 13.6. The van der Waals surface area contributed by atoms with Crippen LogP contribution in [-0.2, 0) is 11.3 Å². The number of fused-ring (bicyclic) bond motifs is 1. The van der Waals surface area contributed by atoms with Crippen LogP contribution in [0, 0.1) is 0 Å². The molecule has 40 heavy (non-hydrogen) atoms. The van der Waals surface area contributed by atoms with Gasteiger partial charge in [-0.15, -0.1) is 11.3 Å². The van der Waals surface area contributed by atoms with E-state index in [2.05, 4.69) is 64.3 Å². The fourth-order valence-corrected chi connectivity index (χ4v) is 6.19. The molecular weight excluding hydrogens is 518 g/mol. The zero-order valence-electron chi connectivity index (χ0n) is 22.8. The highest BCUT2D eigenvalue weighted by atomic mass is 32.1. The van der Waals surface area contributed by atoms with Gasteiger partial charge in [0, 0.05) is 61.6 Å². The van der Waals surface area contributed by atoms with E-state index in [1.807, 2.05) is 47.8 Å². The van der Waals surface area contributed by atoms with Crippen LogP contribution in [0.2, 0.25) is 0 Å². The van der Waals surface area contributed by atoms with Crippen molar-refractivity contribution in [1.82, 2.24) is 14.8 Å². The molecule has 3 aromatic carbocycles. The molecule has 0 spiro atoms. The molecule has 4 aromatic rings. The van der Waals surface area contributed by atoms with E-state index >= 15 is 0 Å². The Morgan fingerprint density at radius 3 is 2.33 bits per heavy atom. The third-order valence-corrected chi connectivity index (χ3v) is 8.57. The Balaban J connectivity index is 1.21. The number of nitrogens with zero attached hydrogens (tertiary/aromatic N) is 4. The number of hydrogen-bond donors (Lipinski definition) is 1. The minimum atomic E-state index is -0.760. The lowest BCUT2D eigenvalue weighted by Gasteiger charge is -2.38. The van der Waals surface area contributed by atoms with Gasteiger partial charge in [0.15, 0.2) is 5.13 Å². The Hall–Kier alpha value is -4.01. The summed E-state index contributed by atoms with van der Waals surface area (Å²) in [6.45, 7) is 9.12. The Kier molecular flexibility index (Phi) is 7.36. The lowest BCUT2D eigenvalue weighted by Crippen LogP contribution is -2.48. The second-order valence-corrected chi connectivity index (χ2v) is 11.5. The van der Waals surface area contributed by atoms with Gasteiger partial charge in [-0.3, -0.25) is 19.8 Å². The molecule has 7 nitrogen and oxygen atoms in total. The van der Waals surface area contributed by atoms with Crippen molar-refractivity contribution in [3.63, 3.8) is 0 Å². The van der Waals surface area contributed by atoms with E-state index in [0.29, 0.717) is 23.3 Å². The van der Waals surface area contributed by atoms with Crippen molar-refractivity contribution in [3.8, 4) is 11.1 Å². The molecule has 0 aliphatic carbocycles. The van der Waals surface area contributed by atoms with Gasteiger partial charge < -0.3 is 9.80 Å². The van der Waals surface area contributed by atoms with Crippen LogP contribution in [0.25, 0.3) is 11.1 Å². The van der Waals surface area contributed by atoms with E-state index in [0.717, 1.165) is 48.4 Å². The molecule has 0 unspecified atom stereocenters. The standard InChI is InChI=1S/C32H33N5O2S/c1-22(2)35-15-17-36(18-16-35)27-11-8-23(9-12-27)25-10-13-28-26(20-25)21-37(31(28)39)29(24-6-4-3-5-7-24)30(38)34-32-33-14-19-40-32/h3-14,19-20,22,29H,15-18,21H2,1-2H3,(H,33,34,38)/t29-/m1/s1. The summed E-state index contributed by atoms with van der Waals surface area (Å²) in [6.07, 6.45) is 1.65. The van der Waals surface area contributed by atoms with Crippen molar-refractivity contribution >= 4 is 34.0 Å². The number of carbonyl (C=O) groups is 2. The molecule has 0 saturated carbocycles. The molecule has 1 atom stereocenters. The minimum Gasteiger partial charge on any atom is -0.369 e. The van der Waals surface area contributed by atoms with E-state index in [-0.39, 0.29) is 11.8 Å². The number of carbonyl (C=O) groups excluding carboxylic acids is 2. The van der Waals surface area contributed by atoms with E-state index < -0.39 is 6.04 Å². The predicted octanol–water partition coefficient (Wildman–Crippen LogP) is 5.68. The summed E-state index contributed by atoms with van der Waals surface area (Å²) in [7, 11) is 0. The molecule has 3 heterocycles. The van der Waals surface area contributed by atoms with E-state index in [9.17, 15) is 9.59 Å². The van der Waals surface area contributed by atoms with E-state index in [1.54, 1.807) is 11.1 Å². The SMILES string of the molecule is CC(C)N1CCN(c2ccc(-c3ccc4c(c3)CN([C@@H](C(=O)Nc3nccs3)c3ccccc3)C4=O)cc2)CC1. The lowest BCUT2D eigenvalue weighted by atomic mass is 10.00. The smallest absolute Gasteiger partial charge is 0.255 e. The average Bonchev–Trinajstić information content (AvgIpc) is 3.61. The third kappa shape index (κ3) is 5.24. The molecule has 1 N–H and O–H groups in total. The van der Waals surface area contributed by atoms with Crippen LogP contribution in [0.15, 0.2) is 84.4 Å². The molecule has 2 aliphatic rings. The minimum absolute atomic E-state index is 0.138. The quantitative estimate of drug-likeness (QED) is 0.320. The molecular formula is C32H33N5O2S. The zero-order valence-corrected chi connectivity index (χ0v) is 23.6. The first-order valence-corrected chi connectivity index (χ1v) is 14.6. The summed E-state index contributed by atoms with van der Waals surface area (Å²) in [5.41, 5.74) is 5.76. The third-order valence-electron chi connectivity index (χ3n) is 7.89. The first-order valence-electron chi connectivity index (χ1n) is 13.8. The number of thiazole rings is 1. The Morgan fingerprint density at radius 1 is 0.925 bits per heavy atom. The summed E-state index contributed by atoms with van der Waals surface area (Å²) in [5.74, 6) is -0.409. The molecule has 1 fully saturated rings. The number of rotatable bonds is 7. The molecule has 1 saturated heterocycles. The van der Waals surface area contributed by atoms with Crippen LogP contribution in [0.3, 0.4) is 0 Å². The first-order chi connectivity index (χ1) is 19.5. The first kappa shape index (κ1) is 26.2. The molecule has 8 heteroatoms. The molecule has 0 bridgehead atoms. The number of piperazine rings is 1. The highest BCUT2D eigenvalue weighted by molar-refractivity contribution is 7.13. The number of anilines is 2. The van der Waals surface area contributed by atoms with Crippen LogP contribution in [0.4, 0.5) is 10.8 Å². The van der Waals surface area contributed by atoms with Crippen molar-refractivity contribution in [1.29, 1.82) is 0 Å². The highest BCUT2D eigenvalue weighted by Gasteiger charge is 2.37. The molecule has 0 radical (unpaired) electrons. The van der Waals surface area contributed by atoms with Gasteiger partial charge in [0.1, 0.15) is 6.04 Å². The van der Waals surface area contributed by atoms with Crippen LogP contribution >= 0.6 is 11.3 Å². The fourth-order valence-electron chi connectivity index (χ4n) is 5.66. The molecule has 2 amide bonds. The number of hydrogen-bond acceptors (Lipinski definition) is 6. The zero-order chi connectivity index (χ0) is 27.6. The summed E-state index contributed by atoms with van der Waals surface area (Å²) in [6, 6.07) is 24.0. The molecule has 1 aromatic heterocycles. The Morgan fingerprint density at radius 2 is 1.65 bits per heavy atom. The molecule has 6 rings (SSSR count).